The topological polar surface area (TPSA) is 112 Å². The van der Waals surface area contributed by atoms with E-state index in [9.17, 15) is 19.5 Å². The van der Waals surface area contributed by atoms with E-state index in [0.717, 1.165) is 12.8 Å². The van der Waals surface area contributed by atoms with E-state index in [-0.39, 0.29) is 32.1 Å². The Morgan fingerprint density at radius 3 is 2.47 bits per heavy atom. The summed E-state index contributed by atoms with van der Waals surface area (Å²) >= 11 is 0. The highest BCUT2D eigenvalue weighted by atomic mass is 16.6. The Morgan fingerprint density at radius 1 is 1.03 bits per heavy atom. The normalized spacial score (nSPS) is 24.8. The number of Topliss-reactive ketones (excluding diaryl/α,β-unsaturated/α-hetero) is 1. The first kappa shape index (κ1) is 25.8. The molecule has 1 saturated carbocycles. The molecule has 3 unspecified atom stereocenters. The second-order valence-electron chi connectivity index (χ2n) is 8.94. The van der Waals surface area contributed by atoms with Gasteiger partial charge in [-0.2, -0.15) is 0 Å². The molecule has 3 rings (SSSR count). The lowest BCUT2D eigenvalue weighted by atomic mass is 9.73. The van der Waals surface area contributed by atoms with Crippen molar-refractivity contribution in [3.05, 3.63) is 18.2 Å². The van der Waals surface area contributed by atoms with Gasteiger partial charge in [0.15, 0.2) is 11.5 Å². The van der Waals surface area contributed by atoms with Gasteiger partial charge in [0.05, 0.1) is 14.2 Å². The van der Waals surface area contributed by atoms with Crippen molar-refractivity contribution >= 4 is 17.7 Å². The molecule has 1 aliphatic heterocycles. The molecule has 1 saturated heterocycles. The number of hydrogen-bond donors (Lipinski definition) is 1. The number of hydrogen-bond acceptors (Lipinski definition) is 8. The highest BCUT2D eigenvalue weighted by Gasteiger charge is 2.48. The second kappa shape index (κ2) is 11.6. The average molecular weight is 478 g/mol. The van der Waals surface area contributed by atoms with E-state index in [1.807, 2.05) is 0 Å². The van der Waals surface area contributed by atoms with Crippen LogP contribution in [0.4, 0.5) is 0 Å². The number of carbonyl (C=O) groups is 3. The number of ketones is 1. The number of rotatable bonds is 9. The highest BCUT2D eigenvalue weighted by Crippen LogP contribution is 2.35. The third-order valence-electron chi connectivity index (χ3n) is 6.83. The van der Waals surface area contributed by atoms with E-state index in [2.05, 4.69) is 0 Å². The number of ether oxygens (including phenoxy) is 4. The number of amides is 1. The summed E-state index contributed by atoms with van der Waals surface area (Å²) < 4.78 is 21.4. The molecule has 34 heavy (non-hydrogen) atoms. The van der Waals surface area contributed by atoms with Crippen LogP contribution in [0, 0.1) is 5.92 Å². The summed E-state index contributed by atoms with van der Waals surface area (Å²) in [5.41, 5.74) is -1.66. The molecule has 3 atom stereocenters. The van der Waals surface area contributed by atoms with Crippen LogP contribution in [-0.2, 0) is 19.1 Å². The summed E-state index contributed by atoms with van der Waals surface area (Å²) in [6.45, 7) is 2.18. The third-order valence-corrected chi connectivity index (χ3v) is 6.83. The molecule has 1 N–H and O–H groups in total. The maximum absolute atomic E-state index is 13.1. The van der Waals surface area contributed by atoms with Crippen LogP contribution in [-0.4, -0.2) is 73.3 Å². The van der Waals surface area contributed by atoms with E-state index in [1.54, 1.807) is 32.2 Å². The monoisotopic (exact) mass is 477 g/mol. The first-order chi connectivity index (χ1) is 16.3. The molecule has 0 bridgehead atoms. The Morgan fingerprint density at radius 2 is 1.76 bits per heavy atom. The summed E-state index contributed by atoms with van der Waals surface area (Å²) in [5, 5.41) is 10.9. The Kier molecular flexibility index (Phi) is 8.77. The fraction of sp³-hybridized carbons (Fsp3) is 0.640. The molecule has 1 aromatic rings. The molecule has 1 amide bonds. The van der Waals surface area contributed by atoms with E-state index in [4.69, 9.17) is 18.9 Å². The minimum atomic E-state index is -1.66. The molecule has 1 heterocycles. The lowest BCUT2D eigenvalue weighted by Crippen LogP contribution is -2.58. The molecular weight excluding hydrogens is 442 g/mol. The van der Waals surface area contributed by atoms with Crippen molar-refractivity contribution in [3.8, 4) is 17.2 Å². The van der Waals surface area contributed by atoms with Crippen molar-refractivity contribution in [2.75, 3.05) is 34.0 Å². The standard InChI is InChI=1S/C25H35NO8/c1-17-8-4-6-12-25(17,30)22(27)23(28)26-13-7-5-9-19(26)24(29)34-15-14-33-18-10-11-20(31-2)21(16-18)32-3/h10-11,16-17,19,30H,4-9,12-15H2,1-3H3. The molecule has 0 radical (unpaired) electrons. The molecule has 188 valence electrons. The van der Waals surface area contributed by atoms with E-state index < -0.39 is 29.3 Å². The van der Waals surface area contributed by atoms with Crippen LogP contribution in [0.15, 0.2) is 18.2 Å². The summed E-state index contributed by atoms with van der Waals surface area (Å²) in [5.74, 6) is -0.835. The average Bonchev–Trinajstić information content (AvgIpc) is 2.87. The van der Waals surface area contributed by atoms with Crippen LogP contribution in [0.25, 0.3) is 0 Å². The minimum Gasteiger partial charge on any atom is -0.493 e. The fourth-order valence-electron chi connectivity index (χ4n) is 4.71. The van der Waals surface area contributed by atoms with E-state index in [1.165, 1.54) is 12.0 Å². The number of aliphatic hydroxyl groups is 1. The van der Waals surface area contributed by atoms with E-state index >= 15 is 0 Å². The first-order valence-corrected chi connectivity index (χ1v) is 11.9. The minimum absolute atomic E-state index is 0.0133. The second-order valence-corrected chi connectivity index (χ2v) is 8.94. The molecule has 1 aromatic carbocycles. The number of esters is 1. The molecule has 9 heteroatoms. The van der Waals surface area contributed by atoms with E-state index in [0.29, 0.717) is 42.9 Å². The highest BCUT2D eigenvalue weighted by molar-refractivity contribution is 6.39. The van der Waals surface area contributed by atoms with Crippen molar-refractivity contribution < 1.29 is 38.4 Å². The summed E-state index contributed by atoms with van der Waals surface area (Å²) in [7, 11) is 3.07. The zero-order chi connectivity index (χ0) is 24.7. The van der Waals surface area contributed by atoms with Crippen molar-refractivity contribution in [1.29, 1.82) is 0 Å². The Balaban J connectivity index is 1.56. The maximum Gasteiger partial charge on any atom is 0.328 e. The van der Waals surface area contributed by atoms with Crippen LogP contribution < -0.4 is 14.2 Å². The Bertz CT molecular complexity index is 888. The molecule has 9 nitrogen and oxygen atoms in total. The van der Waals surface area contributed by atoms with Gasteiger partial charge in [0.25, 0.3) is 11.7 Å². The van der Waals surface area contributed by atoms with Gasteiger partial charge in [-0.1, -0.05) is 19.8 Å². The smallest absolute Gasteiger partial charge is 0.328 e. The quantitative estimate of drug-likeness (QED) is 0.328. The number of methoxy groups -OCH3 is 2. The van der Waals surface area contributed by atoms with Gasteiger partial charge in [-0.25, -0.2) is 4.79 Å². The predicted molar refractivity (Wildman–Crippen MR) is 123 cm³/mol. The number of benzene rings is 1. The fourth-order valence-corrected chi connectivity index (χ4v) is 4.71. The zero-order valence-corrected chi connectivity index (χ0v) is 20.2. The number of carbonyl (C=O) groups excluding carboxylic acids is 3. The van der Waals surface area contributed by atoms with Crippen molar-refractivity contribution in [1.82, 2.24) is 4.90 Å². The van der Waals surface area contributed by atoms with Gasteiger partial charge in [0.2, 0.25) is 0 Å². The van der Waals surface area contributed by atoms with Gasteiger partial charge < -0.3 is 29.0 Å². The largest absolute Gasteiger partial charge is 0.493 e. The van der Waals surface area contributed by atoms with Gasteiger partial charge in [0, 0.05) is 12.6 Å². The summed E-state index contributed by atoms with van der Waals surface area (Å²) in [6.07, 6.45) is 4.46. The van der Waals surface area contributed by atoms with Gasteiger partial charge in [-0.3, -0.25) is 9.59 Å². The maximum atomic E-state index is 13.1. The van der Waals surface area contributed by atoms with Gasteiger partial charge in [-0.15, -0.1) is 0 Å². The van der Waals surface area contributed by atoms with Crippen LogP contribution in [0.5, 0.6) is 17.2 Å². The lowest BCUT2D eigenvalue weighted by Gasteiger charge is -2.39. The summed E-state index contributed by atoms with van der Waals surface area (Å²) in [6, 6.07) is 4.26. The zero-order valence-electron chi connectivity index (χ0n) is 20.2. The third kappa shape index (κ3) is 5.63. The molecule has 0 aromatic heterocycles. The van der Waals surface area contributed by atoms with Crippen LogP contribution in [0.1, 0.15) is 51.9 Å². The Hall–Kier alpha value is -2.81. The van der Waals surface area contributed by atoms with Crippen molar-refractivity contribution in [3.63, 3.8) is 0 Å². The molecule has 0 spiro atoms. The Labute approximate surface area is 200 Å². The molecule has 2 aliphatic rings. The van der Waals surface area contributed by atoms with Crippen LogP contribution in [0.3, 0.4) is 0 Å². The van der Waals surface area contributed by atoms with Crippen molar-refractivity contribution in [2.45, 2.75) is 63.5 Å². The predicted octanol–water partition coefficient (Wildman–Crippen LogP) is 2.52. The van der Waals surface area contributed by atoms with Crippen LogP contribution >= 0.6 is 0 Å². The number of piperidine rings is 1. The summed E-state index contributed by atoms with van der Waals surface area (Å²) in [4.78, 5) is 40.1. The van der Waals surface area contributed by atoms with Gasteiger partial charge >= 0.3 is 5.97 Å². The molecule has 1 aliphatic carbocycles. The van der Waals surface area contributed by atoms with Gasteiger partial charge in [0.1, 0.15) is 30.6 Å². The van der Waals surface area contributed by atoms with Crippen LogP contribution in [0.2, 0.25) is 0 Å². The molecular formula is C25H35NO8. The first-order valence-electron chi connectivity index (χ1n) is 11.9. The number of nitrogens with zero attached hydrogens (tertiary/aromatic N) is 1. The SMILES string of the molecule is COc1ccc(OCCOC(=O)C2CCCCN2C(=O)C(=O)C2(O)CCCCC2C)cc1OC. The molecule has 2 fully saturated rings. The van der Waals surface area contributed by atoms with Crippen molar-refractivity contribution in [2.24, 2.45) is 5.92 Å². The van der Waals surface area contributed by atoms with Gasteiger partial charge in [-0.05, 0) is 50.2 Å². The lowest BCUT2D eigenvalue weighted by molar-refractivity contribution is -0.167. The number of likely N-dealkylation sites (tertiary alicyclic amines) is 1.